The number of rotatable bonds is 5. The lowest BCUT2D eigenvalue weighted by atomic mass is 10.1. The first-order valence-corrected chi connectivity index (χ1v) is 7.81. The molecule has 112 valence electrons. The highest BCUT2D eigenvalue weighted by Gasteiger charge is 2.17. The molecular formula is C15H17ClN2O2S. The van der Waals surface area contributed by atoms with E-state index in [1.807, 2.05) is 12.3 Å². The Labute approximate surface area is 132 Å². The average molecular weight is 325 g/mol. The fourth-order valence-electron chi connectivity index (χ4n) is 1.93. The summed E-state index contributed by atoms with van der Waals surface area (Å²) in [4.78, 5) is 13.2. The van der Waals surface area contributed by atoms with Crippen molar-refractivity contribution < 1.29 is 9.53 Å². The minimum absolute atomic E-state index is 0.300. The van der Waals surface area contributed by atoms with Gasteiger partial charge in [0.05, 0.1) is 22.9 Å². The van der Waals surface area contributed by atoms with Crippen LogP contribution in [0.3, 0.4) is 0 Å². The maximum Gasteiger partial charge on any atom is 0.340 e. The molecule has 0 aliphatic carbocycles. The lowest BCUT2D eigenvalue weighted by molar-refractivity contribution is 0.0527. The first-order chi connectivity index (χ1) is 10.0. The first kappa shape index (κ1) is 15.7. The number of carbonyl (C=O) groups is 1. The number of thiophene rings is 1. The third-order valence-electron chi connectivity index (χ3n) is 3.00. The number of esters is 1. The van der Waals surface area contributed by atoms with Crippen LogP contribution in [0.25, 0.3) is 0 Å². The Hall–Kier alpha value is -1.72. The lowest BCUT2D eigenvalue weighted by Gasteiger charge is -2.14. The summed E-state index contributed by atoms with van der Waals surface area (Å²) < 4.78 is 5.05. The molecule has 6 heteroatoms. The minimum Gasteiger partial charge on any atom is -0.462 e. The van der Waals surface area contributed by atoms with Crippen LogP contribution in [0.1, 0.15) is 27.7 Å². The van der Waals surface area contributed by atoms with Gasteiger partial charge in [-0.1, -0.05) is 11.6 Å². The predicted molar refractivity (Wildman–Crippen MR) is 88.2 cm³/mol. The standard InChI is InChI=1S/C15H17ClN2O2S/c1-3-20-15(19)11-6-10(17)7-12(16)14(11)18-8-13-9(2)4-5-21-13/h4-7,18H,3,8,17H2,1-2H3. The summed E-state index contributed by atoms with van der Waals surface area (Å²) in [5.41, 5.74) is 8.31. The van der Waals surface area contributed by atoms with Crippen LogP contribution in [-0.2, 0) is 11.3 Å². The number of benzene rings is 1. The molecule has 0 radical (unpaired) electrons. The van der Waals surface area contributed by atoms with Gasteiger partial charge in [0.1, 0.15) is 0 Å². The summed E-state index contributed by atoms with van der Waals surface area (Å²) in [7, 11) is 0. The Morgan fingerprint density at radius 3 is 2.86 bits per heavy atom. The largest absolute Gasteiger partial charge is 0.462 e. The van der Waals surface area contributed by atoms with Crippen molar-refractivity contribution in [3.63, 3.8) is 0 Å². The van der Waals surface area contributed by atoms with Crippen LogP contribution >= 0.6 is 22.9 Å². The number of nitrogen functional groups attached to an aromatic ring is 1. The maximum absolute atomic E-state index is 12.0. The van der Waals surface area contributed by atoms with Gasteiger partial charge in [0.15, 0.2) is 0 Å². The molecule has 0 aliphatic heterocycles. The Bertz CT molecular complexity index is 655. The van der Waals surface area contributed by atoms with Crippen LogP contribution in [-0.4, -0.2) is 12.6 Å². The van der Waals surface area contributed by atoms with Crippen molar-refractivity contribution in [2.45, 2.75) is 20.4 Å². The molecule has 0 aliphatic rings. The Morgan fingerprint density at radius 1 is 1.48 bits per heavy atom. The number of carbonyl (C=O) groups excluding carboxylic acids is 1. The van der Waals surface area contributed by atoms with Gasteiger partial charge in [-0.05, 0) is 43.0 Å². The summed E-state index contributed by atoms with van der Waals surface area (Å²) in [5.74, 6) is -0.433. The molecule has 0 atom stereocenters. The van der Waals surface area contributed by atoms with Gasteiger partial charge in [0.2, 0.25) is 0 Å². The van der Waals surface area contributed by atoms with Crippen LogP contribution in [0.2, 0.25) is 5.02 Å². The Morgan fingerprint density at radius 2 is 2.24 bits per heavy atom. The summed E-state index contributed by atoms with van der Waals surface area (Å²) in [5, 5.41) is 5.65. The molecule has 0 saturated carbocycles. The monoisotopic (exact) mass is 324 g/mol. The molecule has 3 N–H and O–H groups in total. The van der Waals surface area contributed by atoms with Crippen LogP contribution < -0.4 is 11.1 Å². The number of anilines is 2. The second-order valence-corrected chi connectivity index (χ2v) is 5.93. The van der Waals surface area contributed by atoms with E-state index in [1.54, 1.807) is 30.4 Å². The number of nitrogens with two attached hydrogens (primary N) is 1. The molecule has 0 unspecified atom stereocenters. The van der Waals surface area contributed by atoms with Crippen LogP contribution in [0, 0.1) is 6.92 Å². The topological polar surface area (TPSA) is 64.3 Å². The molecule has 2 aromatic rings. The summed E-state index contributed by atoms with van der Waals surface area (Å²) in [6.07, 6.45) is 0. The molecule has 4 nitrogen and oxygen atoms in total. The van der Waals surface area contributed by atoms with Gasteiger partial charge in [0, 0.05) is 17.1 Å². The van der Waals surface area contributed by atoms with Gasteiger partial charge in [0.25, 0.3) is 0 Å². The van der Waals surface area contributed by atoms with E-state index in [0.29, 0.717) is 35.1 Å². The van der Waals surface area contributed by atoms with Gasteiger partial charge >= 0.3 is 5.97 Å². The van der Waals surface area contributed by atoms with Crippen molar-refractivity contribution in [2.24, 2.45) is 0 Å². The number of nitrogens with one attached hydrogen (secondary N) is 1. The average Bonchev–Trinajstić information content (AvgIpc) is 2.83. The second-order valence-electron chi connectivity index (χ2n) is 4.53. The van der Waals surface area contributed by atoms with Crippen LogP contribution in [0.15, 0.2) is 23.6 Å². The number of hydrogen-bond donors (Lipinski definition) is 2. The van der Waals surface area contributed by atoms with Gasteiger partial charge in [-0.3, -0.25) is 0 Å². The van der Waals surface area contributed by atoms with Crippen molar-refractivity contribution in [3.05, 3.63) is 44.6 Å². The van der Waals surface area contributed by atoms with Crippen molar-refractivity contribution in [1.29, 1.82) is 0 Å². The predicted octanol–water partition coefficient (Wildman–Crippen LogP) is 4.08. The van der Waals surface area contributed by atoms with E-state index < -0.39 is 5.97 Å². The molecule has 0 amide bonds. The highest BCUT2D eigenvalue weighted by atomic mass is 35.5. The minimum atomic E-state index is -0.433. The molecule has 1 heterocycles. The van der Waals surface area contributed by atoms with E-state index in [0.717, 1.165) is 0 Å². The summed E-state index contributed by atoms with van der Waals surface area (Å²) in [6.45, 7) is 4.70. The zero-order valence-corrected chi connectivity index (χ0v) is 13.5. The number of hydrogen-bond acceptors (Lipinski definition) is 5. The second kappa shape index (κ2) is 6.83. The van der Waals surface area contributed by atoms with Gasteiger partial charge in [-0.25, -0.2) is 4.79 Å². The normalized spacial score (nSPS) is 10.4. The van der Waals surface area contributed by atoms with E-state index in [-0.39, 0.29) is 0 Å². The molecule has 0 saturated heterocycles. The van der Waals surface area contributed by atoms with E-state index in [9.17, 15) is 4.79 Å². The van der Waals surface area contributed by atoms with E-state index >= 15 is 0 Å². The van der Waals surface area contributed by atoms with Gasteiger partial charge < -0.3 is 15.8 Å². The van der Waals surface area contributed by atoms with Crippen molar-refractivity contribution in [1.82, 2.24) is 0 Å². The molecule has 0 spiro atoms. The molecular weight excluding hydrogens is 308 g/mol. The van der Waals surface area contributed by atoms with Crippen LogP contribution in [0.5, 0.6) is 0 Å². The fourth-order valence-corrected chi connectivity index (χ4v) is 3.07. The number of halogens is 1. The van der Waals surface area contributed by atoms with E-state index in [4.69, 9.17) is 22.1 Å². The van der Waals surface area contributed by atoms with Gasteiger partial charge in [-0.2, -0.15) is 0 Å². The van der Waals surface area contributed by atoms with E-state index in [2.05, 4.69) is 11.4 Å². The summed E-state index contributed by atoms with van der Waals surface area (Å²) >= 11 is 7.87. The Balaban J connectivity index is 2.28. The maximum atomic E-state index is 12.0. The quantitative estimate of drug-likeness (QED) is 0.642. The number of aryl methyl sites for hydroxylation is 1. The molecule has 0 bridgehead atoms. The van der Waals surface area contributed by atoms with Crippen LogP contribution in [0.4, 0.5) is 11.4 Å². The van der Waals surface area contributed by atoms with Crippen molar-refractivity contribution in [3.8, 4) is 0 Å². The Kier molecular flexibility index (Phi) is 5.09. The number of ether oxygens (including phenoxy) is 1. The molecule has 0 fully saturated rings. The first-order valence-electron chi connectivity index (χ1n) is 6.56. The lowest BCUT2D eigenvalue weighted by Crippen LogP contribution is -2.11. The zero-order valence-electron chi connectivity index (χ0n) is 11.9. The van der Waals surface area contributed by atoms with Gasteiger partial charge in [-0.15, -0.1) is 11.3 Å². The molecule has 2 rings (SSSR count). The molecule has 1 aromatic heterocycles. The molecule has 1 aromatic carbocycles. The SMILES string of the molecule is CCOC(=O)c1cc(N)cc(Cl)c1NCc1sccc1C. The third kappa shape index (κ3) is 3.68. The van der Waals surface area contributed by atoms with Crippen molar-refractivity contribution in [2.75, 3.05) is 17.7 Å². The summed E-state index contributed by atoms with van der Waals surface area (Å²) in [6, 6.07) is 5.25. The highest BCUT2D eigenvalue weighted by molar-refractivity contribution is 7.10. The fraction of sp³-hybridized carbons (Fsp3) is 0.267. The van der Waals surface area contributed by atoms with E-state index in [1.165, 1.54) is 10.4 Å². The molecule has 21 heavy (non-hydrogen) atoms. The zero-order chi connectivity index (χ0) is 15.4. The smallest absolute Gasteiger partial charge is 0.340 e. The highest BCUT2D eigenvalue weighted by Crippen LogP contribution is 2.31. The third-order valence-corrected chi connectivity index (χ3v) is 4.32. The van der Waals surface area contributed by atoms with Crippen molar-refractivity contribution >= 4 is 40.3 Å².